The van der Waals surface area contributed by atoms with Crippen molar-refractivity contribution in [2.24, 2.45) is 5.73 Å². The van der Waals surface area contributed by atoms with E-state index in [1.807, 2.05) is 25.1 Å². The van der Waals surface area contributed by atoms with Crippen LogP contribution < -0.4 is 10.6 Å². The highest BCUT2D eigenvalue weighted by Gasteiger charge is 2.11. The molecule has 0 aliphatic heterocycles. The van der Waals surface area contributed by atoms with Gasteiger partial charge >= 0.3 is 0 Å². The molecule has 15 heavy (non-hydrogen) atoms. The second kappa shape index (κ2) is 5.51. The van der Waals surface area contributed by atoms with Crippen molar-refractivity contribution in [3.05, 3.63) is 36.5 Å². The third kappa shape index (κ3) is 2.80. The van der Waals surface area contributed by atoms with Crippen molar-refractivity contribution in [1.82, 2.24) is 4.98 Å². The molecule has 0 saturated carbocycles. The Bertz CT molecular complexity index is 320. The van der Waals surface area contributed by atoms with Gasteiger partial charge in [-0.05, 0) is 19.9 Å². The lowest BCUT2D eigenvalue weighted by Gasteiger charge is -2.24. The summed E-state index contributed by atoms with van der Waals surface area (Å²) in [4.78, 5) is 6.55. The van der Waals surface area contributed by atoms with E-state index in [9.17, 15) is 0 Å². The maximum absolute atomic E-state index is 5.91. The molecule has 0 spiro atoms. The van der Waals surface area contributed by atoms with Gasteiger partial charge in [-0.1, -0.05) is 12.1 Å². The first-order valence-corrected chi connectivity index (χ1v) is 5.27. The van der Waals surface area contributed by atoms with Gasteiger partial charge < -0.3 is 10.6 Å². The lowest BCUT2D eigenvalue weighted by Crippen LogP contribution is -2.26. The number of anilines is 1. The first-order chi connectivity index (χ1) is 7.20. The van der Waals surface area contributed by atoms with Crippen molar-refractivity contribution in [3.63, 3.8) is 0 Å². The van der Waals surface area contributed by atoms with E-state index in [1.165, 1.54) is 0 Å². The van der Waals surface area contributed by atoms with Gasteiger partial charge in [0.2, 0.25) is 0 Å². The summed E-state index contributed by atoms with van der Waals surface area (Å²) in [6.45, 7) is 9.53. The molecule has 1 atom stereocenters. The lowest BCUT2D eigenvalue weighted by atomic mass is 10.1. The Hall–Kier alpha value is -1.35. The number of nitrogens with two attached hydrogens (primary N) is 1. The van der Waals surface area contributed by atoms with Gasteiger partial charge in [0.05, 0.1) is 0 Å². The zero-order valence-electron chi connectivity index (χ0n) is 9.48. The minimum absolute atomic E-state index is 0.00700. The van der Waals surface area contributed by atoms with Crippen LogP contribution in [0.25, 0.3) is 0 Å². The highest BCUT2D eigenvalue weighted by atomic mass is 15.2. The number of pyridine rings is 1. The number of aromatic nitrogens is 1. The minimum Gasteiger partial charge on any atom is -0.353 e. The van der Waals surface area contributed by atoms with Crippen LogP contribution in [0.1, 0.15) is 25.5 Å². The van der Waals surface area contributed by atoms with E-state index in [-0.39, 0.29) is 6.04 Å². The van der Waals surface area contributed by atoms with Crippen LogP contribution in [0.3, 0.4) is 0 Å². The van der Waals surface area contributed by atoms with Crippen molar-refractivity contribution >= 4 is 5.82 Å². The quantitative estimate of drug-likeness (QED) is 0.749. The van der Waals surface area contributed by atoms with E-state index in [0.717, 1.165) is 24.5 Å². The van der Waals surface area contributed by atoms with E-state index in [1.54, 1.807) is 6.20 Å². The summed E-state index contributed by atoms with van der Waals surface area (Å²) in [6, 6.07) is 3.95. The minimum atomic E-state index is 0.00700. The van der Waals surface area contributed by atoms with E-state index in [2.05, 4.69) is 23.4 Å². The molecule has 0 aromatic carbocycles. The summed E-state index contributed by atoms with van der Waals surface area (Å²) in [5.74, 6) is 0.968. The predicted octanol–water partition coefficient (Wildman–Crippen LogP) is 2.11. The number of likely N-dealkylation sites (N-methyl/N-ethyl adjacent to an activating group) is 1. The van der Waals surface area contributed by atoms with Gasteiger partial charge in [0.15, 0.2) is 0 Å². The Morgan fingerprint density at radius 2 is 2.40 bits per heavy atom. The molecule has 1 rings (SSSR count). The largest absolute Gasteiger partial charge is 0.353 e. The number of rotatable bonds is 5. The molecule has 1 heterocycles. The van der Waals surface area contributed by atoms with E-state index < -0.39 is 0 Å². The highest BCUT2D eigenvalue weighted by Crippen LogP contribution is 2.21. The van der Waals surface area contributed by atoms with Crippen LogP contribution in [-0.4, -0.2) is 18.1 Å². The first-order valence-electron chi connectivity index (χ1n) is 5.27. The second-order valence-electron chi connectivity index (χ2n) is 3.53. The van der Waals surface area contributed by atoms with Crippen molar-refractivity contribution in [1.29, 1.82) is 0 Å². The fraction of sp³-hybridized carbons (Fsp3) is 0.417. The maximum Gasteiger partial charge on any atom is 0.133 e. The van der Waals surface area contributed by atoms with Crippen LogP contribution in [0.2, 0.25) is 0 Å². The zero-order valence-corrected chi connectivity index (χ0v) is 9.48. The van der Waals surface area contributed by atoms with Crippen molar-refractivity contribution in [2.45, 2.75) is 19.9 Å². The van der Waals surface area contributed by atoms with Crippen LogP contribution in [-0.2, 0) is 0 Å². The molecular weight excluding hydrogens is 186 g/mol. The molecule has 0 bridgehead atoms. The molecule has 0 radical (unpaired) electrons. The molecule has 0 fully saturated rings. The molecule has 0 aliphatic rings. The number of nitrogens with zero attached hydrogens (tertiary/aromatic N) is 2. The summed E-state index contributed by atoms with van der Waals surface area (Å²) in [7, 11) is 0. The maximum atomic E-state index is 5.91. The Balaban J connectivity index is 3.04. The van der Waals surface area contributed by atoms with Crippen LogP contribution in [0.5, 0.6) is 0 Å². The number of hydrogen-bond donors (Lipinski definition) is 1. The fourth-order valence-corrected chi connectivity index (χ4v) is 1.55. The molecule has 0 aliphatic carbocycles. The molecule has 82 valence electrons. The lowest BCUT2D eigenvalue weighted by molar-refractivity contribution is 0.785. The average molecular weight is 205 g/mol. The van der Waals surface area contributed by atoms with Crippen LogP contribution >= 0.6 is 0 Å². The van der Waals surface area contributed by atoms with Crippen molar-refractivity contribution < 1.29 is 0 Å². The molecule has 3 heteroatoms. The van der Waals surface area contributed by atoms with E-state index >= 15 is 0 Å². The highest BCUT2D eigenvalue weighted by molar-refractivity contribution is 5.48. The van der Waals surface area contributed by atoms with E-state index in [0.29, 0.717) is 0 Å². The third-order valence-corrected chi connectivity index (χ3v) is 2.34. The zero-order chi connectivity index (χ0) is 11.3. The van der Waals surface area contributed by atoms with Gasteiger partial charge in [0.1, 0.15) is 5.82 Å². The van der Waals surface area contributed by atoms with Gasteiger partial charge in [0, 0.05) is 30.9 Å². The molecule has 1 aromatic heterocycles. The van der Waals surface area contributed by atoms with Crippen LogP contribution in [0.15, 0.2) is 31.0 Å². The smallest absolute Gasteiger partial charge is 0.133 e. The molecule has 0 unspecified atom stereocenters. The van der Waals surface area contributed by atoms with Crippen LogP contribution in [0.4, 0.5) is 5.82 Å². The van der Waals surface area contributed by atoms with Crippen LogP contribution in [0, 0.1) is 0 Å². The normalized spacial score (nSPS) is 12.2. The van der Waals surface area contributed by atoms with Crippen molar-refractivity contribution in [2.75, 3.05) is 18.0 Å². The molecule has 1 aromatic rings. The van der Waals surface area contributed by atoms with Gasteiger partial charge in [-0.3, -0.25) is 0 Å². The molecule has 2 N–H and O–H groups in total. The fourth-order valence-electron chi connectivity index (χ4n) is 1.55. The average Bonchev–Trinajstić information content (AvgIpc) is 2.26. The summed E-state index contributed by atoms with van der Waals surface area (Å²) >= 11 is 0. The Morgan fingerprint density at radius 3 is 2.93 bits per heavy atom. The van der Waals surface area contributed by atoms with Gasteiger partial charge in [0.25, 0.3) is 0 Å². The van der Waals surface area contributed by atoms with Gasteiger partial charge in [-0.2, -0.15) is 0 Å². The van der Waals surface area contributed by atoms with Crippen molar-refractivity contribution in [3.8, 4) is 0 Å². The molecule has 0 amide bonds. The molecular formula is C12H19N3. The third-order valence-electron chi connectivity index (χ3n) is 2.34. The topological polar surface area (TPSA) is 42.2 Å². The number of hydrogen-bond acceptors (Lipinski definition) is 3. The van der Waals surface area contributed by atoms with Gasteiger partial charge in [-0.25, -0.2) is 4.98 Å². The second-order valence-corrected chi connectivity index (χ2v) is 3.53. The molecule has 3 nitrogen and oxygen atoms in total. The Labute approximate surface area is 91.6 Å². The Morgan fingerprint density at radius 1 is 1.67 bits per heavy atom. The molecule has 0 saturated heterocycles. The summed E-state index contributed by atoms with van der Waals surface area (Å²) in [5, 5.41) is 0. The van der Waals surface area contributed by atoms with E-state index in [4.69, 9.17) is 5.73 Å². The SMILES string of the molecule is C=CCN(CC)c1ncccc1[C@@H](C)N. The predicted molar refractivity (Wildman–Crippen MR) is 64.9 cm³/mol. The summed E-state index contributed by atoms with van der Waals surface area (Å²) in [6.07, 6.45) is 3.68. The summed E-state index contributed by atoms with van der Waals surface area (Å²) < 4.78 is 0. The standard InChI is InChI=1S/C12H19N3/c1-4-9-15(5-2)12-11(10(3)13)7-6-8-14-12/h4,6-8,10H,1,5,9,13H2,2-3H3/t10-/m1/s1. The van der Waals surface area contributed by atoms with Gasteiger partial charge in [-0.15, -0.1) is 6.58 Å². The first kappa shape index (κ1) is 11.7. The summed E-state index contributed by atoms with van der Waals surface area (Å²) in [5.41, 5.74) is 7.00. The monoisotopic (exact) mass is 205 g/mol. The Kier molecular flexibility index (Phi) is 4.31.